The van der Waals surface area contributed by atoms with Crippen molar-refractivity contribution < 1.29 is 0 Å². The molecule has 1 N–H and O–H groups in total. The molecule has 0 fully saturated rings. The Bertz CT molecular complexity index is 1110. The lowest BCUT2D eigenvalue weighted by Crippen LogP contribution is -1.98. The number of nitrogens with one attached hydrogen (secondary N) is 1. The van der Waals surface area contributed by atoms with E-state index in [0.717, 1.165) is 21.9 Å². The third kappa shape index (κ3) is 3.24. The molecular formula is C18H11Cl2N5. The largest absolute Gasteiger partial charge is 0.259 e. The van der Waals surface area contributed by atoms with Crippen molar-refractivity contribution in [1.82, 2.24) is 15.0 Å². The van der Waals surface area contributed by atoms with Crippen LogP contribution in [0, 0.1) is 0 Å². The van der Waals surface area contributed by atoms with E-state index in [0.29, 0.717) is 16.5 Å². The Balaban J connectivity index is 1.63. The number of aromatic nitrogens is 3. The van der Waals surface area contributed by atoms with Crippen molar-refractivity contribution in [3.05, 3.63) is 70.5 Å². The van der Waals surface area contributed by atoms with E-state index in [9.17, 15) is 0 Å². The van der Waals surface area contributed by atoms with E-state index in [1.54, 1.807) is 6.21 Å². The summed E-state index contributed by atoms with van der Waals surface area (Å²) in [5, 5.41) is 5.77. The van der Waals surface area contributed by atoms with Gasteiger partial charge in [-0.25, -0.2) is 15.0 Å². The zero-order chi connectivity index (χ0) is 17.2. The van der Waals surface area contributed by atoms with Gasteiger partial charge in [-0.2, -0.15) is 5.10 Å². The highest BCUT2D eigenvalue weighted by Crippen LogP contribution is 2.22. The molecule has 0 radical (unpaired) electrons. The summed E-state index contributed by atoms with van der Waals surface area (Å²) in [7, 11) is 0. The Morgan fingerprint density at radius 3 is 2.24 bits per heavy atom. The molecule has 122 valence electrons. The first-order chi connectivity index (χ1) is 12.2. The number of hydrazone groups is 1. The van der Waals surface area contributed by atoms with Crippen LogP contribution in [-0.4, -0.2) is 21.2 Å². The second-order valence-corrected chi connectivity index (χ2v) is 6.00. The molecule has 0 bridgehead atoms. The average molecular weight is 368 g/mol. The molecule has 0 atom stereocenters. The second kappa shape index (κ2) is 6.63. The molecule has 4 aromatic rings. The van der Waals surface area contributed by atoms with Crippen LogP contribution in [0.1, 0.15) is 5.56 Å². The van der Waals surface area contributed by atoms with E-state index in [1.165, 1.54) is 0 Å². The van der Waals surface area contributed by atoms with Gasteiger partial charge in [-0.1, -0.05) is 53.5 Å². The van der Waals surface area contributed by atoms with Crippen molar-refractivity contribution in [1.29, 1.82) is 0 Å². The van der Waals surface area contributed by atoms with Gasteiger partial charge in [0.1, 0.15) is 5.15 Å². The predicted octanol–water partition coefficient (Wildman–Crippen LogP) is 4.93. The third-order valence-electron chi connectivity index (χ3n) is 3.61. The summed E-state index contributed by atoms with van der Waals surface area (Å²) in [6.07, 6.45) is 1.58. The number of rotatable bonds is 3. The normalized spacial score (nSPS) is 11.4. The summed E-state index contributed by atoms with van der Waals surface area (Å²) in [6.45, 7) is 0. The van der Waals surface area contributed by atoms with Gasteiger partial charge in [0.2, 0.25) is 0 Å². The summed E-state index contributed by atoms with van der Waals surface area (Å²) in [5.41, 5.74) is 5.79. The summed E-state index contributed by atoms with van der Waals surface area (Å²) in [6, 6.07) is 17.1. The van der Waals surface area contributed by atoms with E-state index < -0.39 is 0 Å². The highest BCUT2D eigenvalue weighted by atomic mass is 35.5. The molecule has 7 heteroatoms. The quantitative estimate of drug-likeness (QED) is 0.316. The lowest BCUT2D eigenvalue weighted by atomic mass is 10.2. The monoisotopic (exact) mass is 367 g/mol. The smallest absolute Gasteiger partial charge is 0.185 e. The highest BCUT2D eigenvalue weighted by molar-refractivity contribution is 6.32. The number of benzene rings is 2. The molecule has 2 aromatic heterocycles. The number of halogens is 2. The number of pyridine rings is 1. The molecule has 2 aromatic carbocycles. The van der Waals surface area contributed by atoms with Crippen LogP contribution in [0.25, 0.3) is 21.9 Å². The van der Waals surface area contributed by atoms with Crippen molar-refractivity contribution in [3.8, 4) is 0 Å². The second-order valence-electron chi connectivity index (χ2n) is 5.28. The Morgan fingerprint density at radius 1 is 0.800 bits per heavy atom. The maximum Gasteiger partial charge on any atom is 0.185 e. The first-order valence-corrected chi connectivity index (χ1v) is 8.23. The molecule has 5 nitrogen and oxygen atoms in total. The molecule has 0 saturated carbocycles. The number of fused-ring (bicyclic) bond motifs is 2. The minimum absolute atomic E-state index is 0.249. The molecule has 0 saturated heterocycles. The van der Waals surface area contributed by atoms with Crippen LogP contribution >= 0.6 is 23.2 Å². The van der Waals surface area contributed by atoms with Crippen LogP contribution in [0.5, 0.6) is 0 Å². The summed E-state index contributed by atoms with van der Waals surface area (Å²) >= 11 is 12.4. The number of nitrogens with zero attached hydrogens (tertiary/aromatic N) is 4. The standard InChI is InChI=1S/C18H11Cl2N5/c19-16-12(9-11-5-1-2-6-13(11)22-16)10-21-25-18-17(20)23-14-7-3-4-8-15(14)24-18/h1-10H,(H,24,25)/b21-10+. The van der Waals surface area contributed by atoms with Crippen molar-refractivity contribution in [2.75, 3.05) is 5.43 Å². The Morgan fingerprint density at radius 2 is 1.44 bits per heavy atom. The molecule has 0 spiro atoms. The fourth-order valence-corrected chi connectivity index (χ4v) is 2.78. The number of hydrogen-bond donors (Lipinski definition) is 1. The van der Waals surface area contributed by atoms with E-state index in [4.69, 9.17) is 23.2 Å². The number of anilines is 1. The SMILES string of the molecule is Clc1nc2ccccc2cc1/C=N/Nc1nc2ccccc2nc1Cl. The van der Waals surface area contributed by atoms with Gasteiger partial charge in [-0.3, -0.25) is 5.43 Å². The van der Waals surface area contributed by atoms with Crippen molar-refractivity contribution in [2.45, 2.75) is 0 Å². The minimum Gasteiger partial charge on any atom is -0.259 e. The average Bonchev–Trinajstić information content (AvgIpc) is 2.62. The number of para-hydroxylation sites is 3. The number of hydrogen-bond acceptors (Lipinski definition) is 5. The van der Waals surface area contributed by atoms with Gasteiger partial charge < -0.3 is 0 Å². The zero-order valence-electron chi connectivity index (χ0n) is 12.8. The maximum absolute atomic E-state index is 6.21. The van der Waals surface area contributed by atoms with Gasteiger partial charge in [0.05, 0.1) is 22.8 Å². The fraction of sp³-hybridized carbons (Fsp3) is 0. The van der Waals surface area contributed by atoms with Gasteiger partial charge in [0.15, 0.2) is 11.0 Å². The molecule has 4 rings (SSSR count). The van der Waals surface area contributed by atoms with Crippen molar-refractivity contribution >= 4 is 57.2 Å². The van der Waals surface area contributed by atoms with Crippen molar-refractivity contribution in [2.24, 2.45) is 5.10 Å². The van der Waals surface area contributed by atoms with Crippen molar-refractivity contribution in [3.63, 3.8) is 0 Å². The zero-order valence-corrected chi connectivity index (χ0v) is 14.3. The molecule has 0 aliphatic heterocycles. The summed E-state index contributed by atoms with van der Waals surface area (Å²) < 4.78 is 0. The van der Waals surface area contributed by atoms with Crippen LogP contribution in [-0.2, 0) is 0 Å². The molecule has 0 aliphatic rings. The molecule has 0 amide bonds. The fourth-order valence-electron chi connectivity index (χ4n) is 2.41. The van der Waals surface area contributed by atoms with Crippen LogP contribution < -0.4 is 5.43 Å². The van der Waals surface area contributed by atoms with Gasteiger partial charge in [-0.15, -0.1) is 0 Å². The molecule has 25 heavy (non-hydrogen) atoms. The summed E-state index contributed by atoms with van der Waals surface area (Å²) in [4.78, 5) is 13.1. The minimum atomic E-state index is 0.249. The first kappa shape index (κ1) is 15.7. The predicted molar refractivity (Wildman–Crippen MR) is 103 cm³/mol. The van der Waals surface area contributed by atoms with Gasteiger partial charge in [0.25, 0.3) is 0 Å². The highest BCUT2D eigenvalue weighted by Gasteiger charge is 2.06. The first-order valence-electron chi connectivity index (χ1n) is 7.47. The van der Waals surface area contributed by atoms with Gasteiger partial charge in [-0.05, 0) is 24.3 Å². The maximum atomic E-state index is 6.21. The molecule has 2 heterocycles. The Kier molecular flexibility index (Phi) is 4.17. The third-order valence-corrected chi connectivity index (χ3v) is 4.17. The molecule has 0 unspecified atom stereocenters. The van der Waals surface area contributed by atoms with E-state index in [1.807, 2.05) is 54.6 Å². The lowest BCUT2D eigenvalue weighted by molar-refractivity contribution is 1.22. The van der Waals surface area contributed by atoms with Crippen LogP contribution in [0.3, 0.4) is 0 Å². The summed E-state index contributed by atoms with van der Waals surface area (Å²) in [5.74, 6) is 0.376. The van der Waals surface area contributed by atoms with Crippen LogP contribution in [0.4, 0.5) is 5.82 Å². The lowest BCUT2D eigenvalue weighted by Gasteiger charge is -2.04. The van der Waals surface area contributed by atoms with Crippen LogP contribution in [0.2, 0.25) is 10.3 Å². The van der Waals surface area contributed by atoms with Gasteiger partial charge in [0, 0.05) is 10.9 Å². The van der Waals surface area contributed by atoms with Gasteiger partial charge >= 0.3 is 0 Å². The molecule has 0 aliphatic carbocycles. The van der Waals surface area contributed by atoms with E-state index in [2.05, 4.69) is 25.5 Å². The van der Waals surface area contributed by atoms with E-state index >= 15 is 0 Å². The Labute approximate surface area is 153 Å². The molecular weight excluding hydrogens is 357 g/mol. The van der Waals surface area contributed by atoms with E-state index in [-0.39, 0.29) is 5.15 Å². The Hall–Kier alpha value is -2.76. The van der Waals surface area contributed by atoms with Crippen LogP contribution in [0.15, 0.2) is 59.7 Å². The topological polar surface area (TPSA) is 63.1 Å².